The lowest BCUT2D eigenvalue weighted by Crippen LogP contribution is -2.53. The molecule has 12 N–H and O–H groups in total. The number of amides is 6. The van der Waals surface area contributed by atoms with Crippen molar-refractivity contribution in [3.63, 3.8) is 0 Å². The summed E-state index contributed by atoms with van der Waals surface area (Å²) in [6.45, 7) is 1.14. The van der Waals surface area contributed by atoms with Crippen LogP contribution in [0.4, 0.5) is 4.79 Å². The molecule has 0 spiro atoms. The van der Waals surface area contributed by atoms with Gasteiger partial charge < -0.3 is 58.1 Å². The van der Waals surface area contributed by atoms with E-state index in [1.54, 1.807) is 60.7 Å². The van der Waals surface area contributed by atoms with Gasteiger partial charge in [0.2, 0.25) is 23.6 Å². The van der Waals surface area contributed by atoms with Gasteiger partial charge in [0.1, 0.15) is 12.1 Å². The molecule has 378 valence electrons. The van der Waals surface area contributed by atoms with Crippen LogP contribution in [0.1, 0.15) is 69.4 Å². The Kier molecular flexibility index (Phi) is 27.4. The van der Waals surface area contributed by atoms with Gasteiger partial charge in [0.25, 0.3) is 0 Å². The number of benzene rings is 2. The topological polar surface area (TPSA) is 367 Å². The Morgan fingerprint density at radius 1 is 0.565 bits per heavy atom. The molecule has 0 saturated heterocycles. The molecule has 2 aromatic carbocycles. The molecule has 0 aromatic heterocycles. The van der Waals surface area contributed by atoms with Crippen molar-refractivity contribution in [2.24, 2.45) is 17.6 Å². The van der Waals surface area contributed by atoms with E-state index in [-0.39, 0.29) is 63.8 Å². The summed E-state index contributed by atoms with van der Waals surface area (Å²) in [7, 11) is 2.63. The zero-order valence-corrected chi connectivity index (χ0v) is 39.7. The van der Waals surface area contributed by atoms with Crippen LogP contribution in [-0.2, 0) is 60.8 Å². The maximum Gasteiger partial charge on any atom is 0.326 e. The SMILES string of the molecule is CCSSC[C@@H](CC(=O)[C@H](CC(=O)O)NC(=O)[C@@H](N)CNC(=O)[C@@H](CC(=O)[C@H](Cc1ccccc1)NC(=O)CCNC(=O)CC[C@H](NC(=O)NCCCC(=O)O)C(=O)O)Cc1ccccc1)C(=O)O. The summed E-state index contributed by atoms with van der Waals surface area (Å²) in [6, 6.07) is 10.8. The van der Waals surface area contributed by atoms with E-state index in [9.17, 15) is 68.1 Å². The summed E-state index contributed by atoms with van der Waals surface area (Å²) in [5, 5.41) is 51.8. The van der Waals surface area contributed by atoms with Crippen LogP contribution in [0, 0.1) is 11.8 Å². The number of ketones is 2. The van der Waals surface area contributed by atoms with Gasteiger partial charge in [-0.15, -0.1) is 0 Å². The molecular formula is C45H61N7O15S2. The molecule has 6 atom stereocenters. The van der Waals surface area contributed by atoms with E-state index in [2.05, 4.69) is 31.9 Å². The van der Waals surface area contributed by atoms with Crippen molar-refractivity contribution in [1.29, 1.82) is 0 Å². The van der Waals surface area contributed by atoms with E-state index in [1.165, 1.54) is 21.6 Å². The fourth-order valence-corrected chi connectivity index (χ4v) is 8.42. The highest BCUT2D eigenvalue weighted by Crippen LogP contribution is 2.25. The van der Waals surface area contributed by atoms with Crippen LogP contribution in [0.3, 0.4) is 0 Å². The Labute approximate surface area is 406 Å². The van der Waals surface area contributed by atoms with Crippen LogP contribution in [0.5, 0.6) is 0 Å². The highest BCUT2D eigenvalue weighted by atomic mass is 33.1. The minimum absolute atomic E-state index is 0.0165. The molecule has 2 rings (SSSR count). The maximum absolute atomic E-state index is 14.1. The van der Waals surface area contributed by atoms with Crippen molar-refractivity contribution in [2.75, 3.05) is 31.1 Å². The summed E-state index contributed by atoms with van der Waals surface area (Å²) in [5.41, 5.74) is 7.43. The standard InChI is InChI=1S/C45H61N7O15S2/c1-2-68-69-26-30(43(63)64)23-36(54)34(24-40(59)60)51-42(62)31(46)25-49-41(61)29(20-27-10-5-3-6-11-27)22-35(53)33(21-28-12-7-4-8-13-28)50-38(56)17-19-47-37(55)16-15-32(44(65)66)52-45(67)48-18-9-14-39(57)58/h3-8,10-13,29-34H,2,9,14-26,46H2,1H3,(H,47,55)(H,49,61)(H,50,56)(H,51,62)(H,57,58)(H,59,60)(H,63,64)(H,65,66)(H2,48,52,67)/t29-,30-,31+,32+,33+,34+/m1/s1. The van der Waals surface area contributed by atoms with Gasteiger partial charge >= 0.3 is 29.9 Å². The number of rotatable bonds is 35. The van der Waals surface area contributed by atoms with Crippen molar-refractivity contribution in [2.45, 2.75) is 95.3 Å². The molecule has 0 heterocycles. The minimum atomic E-state index is -1.61. The van der Waals surface area contributed by atoms with E-state index in [0.29, 0.717) is 16.9 Å². The van der Waals surface area contributed by atoms with Gasteiger partial charge in [0.15, 0.2) is 11.6 Å². The van der Waals surface area contributed by atoms with Crippen molar-refractivity contribution in [1.82, 2.24) is 31.9 Å². The molecule has 0 radical (unpaired) electrons. The molecule has 0 aliphatic heterocycles. The van der Waals surface area contributed by atoms with E-state index in [0.717, 1.165) is 0 Å². The van der Waals surface area contributed by atoms with E-state index < -0.39 is 127 Å². The summed E-state index contributed by atoms with van der Waals surface area (Å²) >= 11 is 0. The zero-order chi connectivity index (χ0) is 51.3. The van der Waals surface area contributed by atoms with Crippen LogP contribution >= 0.6 is 21.6 Å². The number of Topliss-reactive ketones (excluding diaryl/α,β-unsaturated/α-hetero) is 2. The summed E-state index contributed by atoms with van der Waals surface area (Å²) < 4.78 is 0. The van der Waals surface area contributed by atoms with Crippen molar-refractivity contribution in [3.8, 4) is 0 Å². The summed E-state index contributed by atoms with van der Waals surface area (Å²) in [6.07, 6.45) is -2.74. The number of urea groups is 1. The van der Waals surface area contributed by atoms with Gasteiger partial charge in [-0.25, -0.2) is 9.59 Å². The first kappa shape index (κ1) is 58.6. The normalized spacial score (nSPS) is 13.4. The predicted molar refractivity (Wildman–Crippen MR) is 254 cm³/mol. The van der Waals surface area contributed by atoms with Gasteiger partial charge in [0, 0.05) is 69.2 Å². The van der Waals surface area contributed by atoms with E-state index in [1.807, 2.05) is 6.92 Å². The first-order valence-electron chi connectivity index (χ1n) is 22.0. The monoisotopic (exact) mass is 1000 g/mol. The number of carboxylic acid groups (broad SMARTS) is 4. The number of nitrogens with one attached hydrogen (secondary N) is 6. The first-order chi connectivity index (χ1) is 32.8. The molecule has 2 aromatic rings. The van der Waals surface area contributed by atoms with Crippen molar-refractivity contribution in [3.05, 3.63) is 71.8 Å². The molecular weight excluding hydrogens is 943 g/mol. The van der Waals surface area contributed by atoms with Crippen LogP contribution < -0.4 is 37.6 Å². The number of nitrogens with two attached hydrogens (primary N) is 1. The first-order valence-corrected chi connectivity index (χ1v) is 24.5. The third-order valence-corrected chi connectivity index (χ3v) is 12.7. The second-order valence-corrected chi connectivity index (χ2v) is 18.5. The molecule has 0 aliphatic rings. The van der Waals surface area contributed by atoms with Crippen LogP contribution in [-0.4, -0.2) is 141 Å². The third kappa shape index (κ3) is 24.9. The van der Waals surface area contributed by atoms with E-state index >= 15 is 0 Å². The molecule has 0 unspecified atom stereocenters. The number of hydrogen-bond donors (Lipinski definition) is 11. The van der Waals surface area contributed by atoms with Gasteiger partial charge in [-0.1, -0.05) is 89.2 Å². The van der Waals surface area contributed by atoms with Crippen molar-refractivity contribution < 1.29 is 73.2 Å². The van der Waals surface area contributed by atoms with Crippen LogP contribution in [0.15, 0.2) is 60.7 Å². The van der Waals surface area contributed by atoms with Gasteiger partial charge in [-0.3, -0.25) is 43.2 Å². The average molecular weight is 1000 g/mol. The smallest absolute Gasteiger partial charge is 0.326 e. The Bertz CT molecular complexity index is 2070. The molecule has 0 fully saturated rings. The van der Waals surface area contributed by atoms with E-state index in [4.69, 9.17) is 10.8 Å². The largest absolute Gasteiger partial charge is 0.481 e. The Balaban J connectivity index is 2.11. The van der Waals surface area contributed by atoms with Gasteiger partial charge in [0.05, 0.1) is 24.4 Å². The fraction of sp³-hybridized carbons (Fsp3) is 0.489. The number of carboxylic acids is 4. The molecule has 69 heavy (non-hydrogen) atoms. The fourth-order valence-electron chi connectivity index (χ4n) is 6.45. The van der Waals surface area contributed by atoms with Crippen LogP contribution in [0.25, 0.3) is 0 Å². The number of carbonyl (C=O) groups excluding carboxylic acids is 7. The number of carbonyl (C=O) groups is 11. The van der Waals surface area contributed by atoms with Crippen molar-refractivity contribution >= 4 is 86.7 Å². The second-order valence-electron chi connectivity index (χ2n) is 15.7. The predicted octanol–water partition coefficient (Wildman–Crippen LogP) is 0.900. The highest BCUT2D eigenvalue weighted by Gasteiger charge is 2.32. The summed E-state index contributed by atoms with van der Waals surface area (Å²) in [4.78, 5) is 138. The lowest BCUT2D eigenvalue weighted by molar-refractivity contribution is -0.144. The molecule has 0 saturated carbocycles. The quantitative estimate of drug-likeness (QED) is 0.0337. The summed E-state index contributed by atoms with van der Waals surface area (Å²) in [5.74, 6) is -10.9. The average Bonchev–Trinajstić information content (AvgIpc) is 3.30. The lowest BCUT2D eigenvalue weighted by Gasteiger charge is -2.23. The highest BCUT2D eigenvalue weighted by molar-refractivity contribution is 8.76. The maximum atomic E-state index is 14.1. The molecule has 0 aliphatic carbocycles. The zero-order valence-electron chi connectivity index (χ0n) is 38.0. The van der Waals surface area contributed by atoms with Gasteiger partial charge in [-0.05, 0) is 36.8 Å². The number of aliphatic carboxylic acids is 4. The molecule has 6 amide bonds. The third-order valence-electron chi connectivity index (χ3n) is 10.1. The van der Waals surface area contributed by atoms with Gasteiger partial charge in [-0.2, -0.15) is 0 Å². The molecule has 22 nitrogen and oxygen atoms in total. The Morgan fingerprint density at radius 3 is 1.75 bits per heavy atom. The minimum Gasteiger partial charge on any atom is -0.481 e. The number of hydrogen-bond acceptors (Lipinski definition) is 14. The van der Waals surface area contributed by atoms with Crippen LogP contribution in [0.2, 0.25) is 0 Å². The molecule has 0 bridgehead atoms. The lowest BCUT2D eigenvalue weighted by atomic mass is 9.89. The second kappa shape index (κ2) is 32.3. The Hall–Kier alpha value is -6.53. The Morgan fingerprint density at radius 2 is 1.17 bits per heavy atom. The molecule has 24 heteroatoms.